The van der Waals surface area contributed by atoms with Gasteiger partial charge in [0.15, 0.2) is 0 Å². The van der Waals surface area contributed by atoms with E-state index in [0.29, 0.717) is 16.8 Å². The smallest absolute Gasteiger partial charge is 0.261 e. The Labute approximate surface area is 149 Å². The molecule has 26 heavy (non-hydrogen) atoms. The van der Waals surface area contributed by atoms with Crippen molar-refractivity contribution < 1.29 is 14.4 Å². The fourth-order valence-electron chi connectivity index (χ4n) is 3.09. The van der Waals surface area contributed by atoms with Crippen LogP contribution in [-0.2, 0) is 4.79 Å². The van der Waals surface area contributed by atoms with E-state index in [4.69, 9.17) is 0 Å². The van der Waals surface area contributed by atoms with Crippen LogP contribution in [0.25, 0.3) is 11.0 Å². The van der Waals surface area contributed by atoms with Crippen LogP contribution in [0.2, 0.25) is 0 Å². The molecule has 0 saturated carbocycles. The molecule has 0 aliphatic carbocycles. The summed E-state index contributed by atoms with van der Waals surface area (Å²) in [6, 6.07) is 12.2. The van der Waals surface area contributed by atoms with Crippen LogP contribution >= 0.6 is 0 Å². The third-order valence-corrected chi connectivity index (χ3v) is 4.59. The Bertz CT molecular complexity index is 1000. The summed E-state index contributed by atoms with van der Waals surface area (Å²) in [5.74, 6) is -0.875. The summed E-state index contributed by atoms with van der Waals surface area (Å²) in [6.07, 6.45) is 1.65. The Morgan fingerprint density at radius 1 is 1.12 bits per heavy atom. The summed E-state index contributed by atoms with van der Waals surface area (Å²) in [5, 5.41) is 0. The topological polar surface area (TPSA) is 86.4 Å². The Morgan fingerprint density at radius 2 is 1.81 bits per heavy atom. The van der Waals surface area contributed by atoms with Crippen molar-refractivity contribution in [3.05, 3.63) is 59.9 Å². The average molecular weight is 348 g/mol. The highest BCUT2D eigenvalue weighted by Gasteiger charge is 2.35. The van der Waals surface area contributed by atoms with Crippen LogP contribution < -0.4 is 4.90 Å². The van der Waals surface area contributed by atoms with E-state index < -0.39 is 0 Å². The number of H-pyrrole nitrogens is 1. The zero-order valence-corrected chi connectivity index (χ0v) is 14.1. The first-order valence-corrected chi connectivity index (χ1v) is 8.21. The van der Waals surface area contributed by atoms with Crippen LogP contribution in [0, 0.1) is 0 Å². The minimum atomic E-state index is -0.347. The average Bonchev–Trinajstić information content (AvgIpc) is 3.23. The van der Waals surface area contributed by atoms with E-state index in [1.54, 1.807) is 37.6 Å². The van der Waals surface area contributed by atoms with Crippen molar-refractivity contribution in [2.45, 2.75) is 6.42 Å². The zero-order chi connectivity index (χ0) is 18.3. The van der Waals surface area contributed by atoms with Gasteiger partial charge in [-0.3, -0.25) is 19.3 Å². The molecule has 0 fully saturated rings. The van der Waals surface area contributed by atoms with E-state index >= 15 is 0 Å². The number of fused-ring (bicyclic) bond motifs is 2. The van der Waals surface area contributed by atoms with Crippen molar-refractivity contribution in [1.82, 2.24) is 14.9 Å². The highest BCUT2D eigenvalue weighted by molar-refractivity contribution is 6.21. The summed E-state index contributed by atoms with van der Waals surface area (Å²) in [4.78, 5) is 47.0. The lowest BCUT2D eigenvalue weighted by Crippen LogP contribution is -2.35. The normalized spacial score (nSPS) is 13.3. The number of imidazole rings is 1. The van der Waals surface area contributed by atoms with Gasteiger partial charge in [-0.05, 0) is 30.3 Å². The van der Waals surface area contributed by atoms with Crippen molar-refractivity contribution in [2.75, 3.05) is 18.5 Å². The summed E-state index contributed by atoms with van der Waals surface area (Å²) >= 11 is 0. The summed E-state index contributed by atoms with van der Waals surface area (Å²) in [6.45, 7) is 0.0574. The molecule has 0 unspecified atom stereocenters. The second kappa shape index (κ2) is 6.11. The SMILES string of the molecule is CN(C(=O)CCN1C(=O)c2ccccc2C1=O)c1ccc2nc[nH]c2c1. The molecule has 3 aromatic rings. The van der Waals surface area contributed by atoms with Gasteiger partial charge in [0.05, 0.1) is 28.5 Å². The molecule has 3 amide bonds. The number of aromatic amines is 1. The molecule has 0 bridgehead atoms. The second-order valence-electron chi connectivity index (χ2n) is 6.11. The molecule has 0 spiro atoms. The molecule has 7 nitrogen and oxygen atoms in total. The second-order valence-corrected chi connectivity index (χ2v) is 6.11. The molecule has 1 aromatic heterocycles. The number of imide groups is 1. The fourth-order valence-corrected chi connectivity index (χ4v) is 3.09. The highest BCUT2D eigenvalue weighted by Crippen LogP contribution is 2.23. The molecule has 130 valence electrons. The maximum Gasteiger partial charge on any atom is 0.261 e. The first kappa shape index (κ1) is 16.0. The van der Waals surface area contributed by atoms with Gasteiger partial charge >= 0.3 is 0 Å². The molecule has 7 heteroatoms. The van der Waals surface area contributed by atoms with Crippen molar-refractivity contribution in [3.8, 4) is 0 Å². The lowest BCUT2D eigenvalue weighted by molar-refractivity contribution is -0.118. The quantitative estimate of drug-likeness (QED) is 0.733. The van der Waals surface area contributed by atoms with Gasteiger partial charge in [-0.25, -0.2) is 4.98 Å². The van der Waals surface area contributed by atoms with Crippen LogP contribution in [0.15, 0.2) is 48.8 Å². The number of benzene rings is 2. The van der Waals surface area contributed by atoms with E-state index in [1.165, 1.54) is 4.90 Å². The van der Waals surface area contributed by atoms with Crippen LogP contribution in [-0.4, -0.2) is 46.2 Å². The molecule has 0 saturated heterocycles. The van der Waals surface area contributed by atoms with Gasteiger partial charge in [-0.2, -0.15) is 0 Å². The Kier molecular flexibility index (Phi) is 3.76. The molecule has 2 aromatic carbocycles. The lowest BCUT2D eigenvalue weighted by Gasteiger charge is -2.19. The first-order valence-electron chi connectivity index (χ1n) is 8.21. The number of hydrogen-bond donors (Lipinski definition) is 1. The summed E-state index contributed by atoms with van der Waals surface area (Å²) in [7, 11) is 1.67. The van der Waals surface area contributed by atoms with Crippen LogP contribution in [0.1, 0.15) is 27.1 Å². The van der Waals surface area contributed by atoms with E-state index in [0.717, 1.165) is 15.9 Å². The Balaban J connectivity index is 1.45. The van der Waals surface area contributed by atoms with Gasteiger partial charge in [-0.1, -0.05) is 12.1 Å². The number of rotatable bonds is 4. The predicted octanol–water partition coefficient (Wildman–Crippen LogP) is 2.21. The number of carbonyl (C=O) groups excluding carboxylic acids is 3. The number of nitrogens with zero attached hydrogens (tertiary/aromatic N) is 3. The van der Waals surface area contributed by atoms with Crippen LogP contribution in [0.5, 0.6) is 0 Å². The van der Waals surface area contributed by atoms with Crippen molar-refractivity contribution >= 4 is 34.4 Å². The van der Waals surface area contributed by atoms with Crippen LogP contribution in [0.4, 0.5) is 5.69 Å². The number of anilines is 1. The van der Waals surface area contributed by atoms with Gasteiger partial charge in [0.25, 0.3) is 11.8 Å². The van der Waals surface area contributed by atoms with Crippen molar-refractivity contribution in [3.63, 3.8) is 0 Å². The molecule has 1 aliphatic heterocycles. The predicted molar refractivity (Wildman–Crippen MR) is 95.9 cm³/mol. The van der Waals surface area contributed by atoms with Crippen molar-refractivity contribution in [2.24, 2.45) is 0 Å². The number of amides is 3. The molecule has 0 atom stereocenters. The molecule has 4 rings (SSSR count). The number of nitrogens with one attached hydrogen (secondary N) is 1. The van der Waals surface area contributed by atoms with Gasteiger partial charge in [0, 0.05) is 25.7 Å². The van der Waals surface area contributed by atoms with E-state index in [1.807, 2.05) is 18.2 Å². The summed E-state index contributed by atoms with van der Waals surface area (Å²) in [5.41, 5.74) is 3.16. The van der Waals surface area contributed by atoms with Gasteiger partial charge in [-0.15, -0.1) is 0 Å². The molecule has 1 aliphatic rings. The lowest BCUT2D eigenvalue weighted by atomic mass is 10.1. The van der Waals surface area contributed by atoms with Crippen LogP contribution in [0.3, 0.4) is 0 Å². The highest BCUT2D eigenvalue weighted by atomic mass is 16.2. The number of carbonyl (C=O) groups is 3. The maximum atomic E-state index is 12.5. The monoisotopic (exact) mass is 348 g/mol. The number of aromatic nitrogens is 2. The molecule has 1 N–H and O–H groups in total. The van der Waals surface area contributed by atoms with E-state index in [2.05, 4.69) is 9.97 Å². The molecular weight excluding hydrogens is 332 g/mol. The number of hydrogen-bond acceptors (Lipinski definition) is 4. The van der Waals surface area contributed by atoms with Gasteiger partial charge < -0.3 is 9.88 Å². The third kappa shape index (κ3) is 2.54. The fraction of sp³-hybridized carbons (Fsp3) is 0.158. The van der Waals surface area contributed by atoms with Crippen molar-refractivity contribution in [1.29, 1.82) is 0 Å². The maximum absolute atomic E-state index is 12.5. The molecule has 0 radical (unpaired) electrons. The standard InChI is InChI=1S/C19H16N4O3/c1-22(12-6-7-15-16(10-12)21-11-20-15)17(24)8-9-23-18(25)13-4-2-3-5-14(13)19(23)26/h2-7,10-11H,8-9H2,1H3,(H,20,21). The Hall–Kier alpha value is -3.48. The molecule has 2 heterocycles. The zero-order valence-electron chi connectivity index (χ0n) is 14.1. The minimum Gasteiger partial charge on any atom is -0.345 e. The third-order valence-electron chi connectivity index (χ3n) is 4.59. The largest absolute Gasteiger partial charge is 0.345 e. The molecular formula is C19H16N4O3. The minimum absolute atomic E-state index is 0.0574. The van der Waals surface area contributed by atoms with Gasteiger partial charge in [0.1, 0.15) is 0 Å². The summed E-state index contributed by atoms with van der Waals surface area (Å²) < 4.78 is 0. The van der Waals surface area contributed by atoms with E-state index in [-0.39, 0.29) is 30.7 Å². The first-order chi connectivity index (χ1) is 12.6. The van der Waals surface area contributed by atoms with Gasteiger partial charge in [0.2, 0.25) is 5.91 Å². The Morgan fingerprint density at radius 3 is 2.50 bits per heavy atom. The van der Waals surface area contributed by atoms with E-state index in [9.17, 15) is 14.4 Å².